The van der Waals surface area contributed by atoms with Crippen molar-refractivity contribution in [3.05, 3.63) is 71.3 Å². The molecular formula is C27H27N3O5. The zero-order valence-electron chi connectivity index (χ0n) is 19.5. The summed E-state index contributed by atoms with van der Waals surface area (Å²) in [4.78, 5) is 54.5. The van der Waals surface area contributed by atoms with Crippen molar-refractivity contribution >= 4 is 35.0 Å². The second-order valence-electron chi connectivity index (χ2n) is 9.20. The van der Waals surface area contributed by atoms with Crippen LogP contribution in [0.4, 0.5) is 11.4 Å². The number of imide groups is 1. The minimum absolute atomic E-state index is 0.0650. The van der Waals surface area contributed by atoms with Crippen molar-refractivity contribution in [3.8, 4) is 0 Å². The molecule has 3 aliphatic rings. The lowest BCUT2D eigenvalue weighted by molar-refractivity contribution is -0.122. The monoisotopic (exact) mass is 473 g/mol. The first-order valence-electron chi connectivity index (χ1n) is 11.8. The number of nitrogens with zero attached hydrogens (tertiary/aromatic N) is 2. The average molecular weight is 474 g/mol. The van der Waals surface area contributed by atoms with E-state index >= 15 is 0 Å². The van der Waals surface area contributed by atoms with Crippen molar-refractivity contribution in [1.82, 2.24) is 4.90 Å². The van der Waals surface area contributed by atoms with E-state index in [1.165, 1.54) is 4.90 Å². The number of ether oxygens (including phenoxy) is 1. The van der Waals surface area contributed by atoms with Gasteiger partial charge in [0, 0.05) is 29.9 Å². The number of carbonyl (C=O) groups is 4. The topological polar surface area (TPSA) is 96.0 Å². The maximum absolute atomic E-state index is 13.0. The highest BCUT2D eigenvalue weighted by Crippen LogP contribution is 2.39. The zero-order chi connectivity index (χ0) is 24.5. The van der Waals surface area contributed by atoms with E-state index in [4.69, 9.17) is 4.74 Å². The molecule has 0 saturated carbocycles. The molecule has 0 unspecified atom stereocenters. The third kappa shape index (κ3) is 4.49. The molecule has 2 heterocycles. The van der Waals surface area contributed by atoms with Gasteiger partial charge in [0.25, 0.3) is 11.8 Å². The normalized spacial score (nSPS) is 22.0. The van der Waals surface area contributed by atoms with E-state index in [-0.39, 0.29) is 35.5 Å². The Bertz CT molecular complexity index is 1210. The summed E-state index contributed by atoms with van der Waals surface area (Å²) in [5.41, 5.74) is 2.95. The van der Waals surface area contributed by atoms with E-state index in [1.807, 2.05) is 13.0 Å². The summed E-state index contributed by atoms with van der Waals surface area (Å²) in [5.74, 6) is -1.50. The van der Waals surface area contributed by atoms with Crippen molar-refractivity contribution in [2.24, 2.45) is 11.8 Å². The summed E-state index contributed by atoms with van der Waals surface area (Å²) >= 11 is 0. The van der Waals surface area contributed by atoms with Gasteiger partial charge in [-0.3, -0.25) is 24.1 Å². The lowest BCUT2D eigenvalue weighted by atomic mass is 9.82. The number of hydrogen-bond donors (Lipinski definition) is 1. The van der Waals surface area contributed by atoms with E-state index in [1.54, 1.807) is 53.4 Å². The third-order valence-electron chi connectivity index (χ3n) is 6.88. The average Bonchev–Trinajstić information content (AvgIpc) is 3.13. The fraction of sp³-hybridized carbons (Fsp3) is 0.333. The first-order valence-corrected chi connectivity index (χ1v) is 11.8. The molecule has 5 rings (SSSR count). The first kappa shape index (κ1) is 23.0. The van der Waals surface area contributed by atoms with Crippen LogP contribution in [0.5, 0.6) is 0 Å². The van der Waals surface area contributed by atoms with Gasteiger partial charge in [-0.25, -0.2) is 0 Å². The Hall–Kier alpha value is -3.78. The molecular weight excluding hydrogens is 446 g/mol. The second kappa shape index (κ2) is 9.46. The van der Waals surface area contributed by atoms with Gasteiger partial charge in [-0.2, -0.15) is 0 Å². The molecule has 180 valence electrons. The summed E-state index contributed by atoms with van der Waals surface area (Å²) in [6, 6.07) is 13.3. The SMILES string of the molecule is CC1=CC[C@@H]2C(=O)N(c3cccc(C(=O)Nc4ccc(C(=O)N5CCOCC5)cc4)c3)C(=O)[C@H]2C1. The predicted molar refractivity (Wildman–Crippen MR) is 130 cm³/mol. The lowest BCUT2D eigenvalue weighted by Crippen LogP contribution is -2.40. The molecule has 35 heavy (non-hydrogen) atoms. The lowest BCUT2D eigenvalue weighted by Gasteiger charge is -2.26. The standard InChI is InChI=1S/C27H27N3O5/c1-17-5-10-22-23(15-17)27(34)30(26(22)33)21-4-2-3-19(16-21)24(31)28-20-8-6-18(7-9-20)25(32)29-11-13-35-14-12-29/h2-9,16,22-23H,10-15H2,1H3,(H,28,31)/t22-,23-/m0/s1. The summed E-state index contributed by atoms with van der Waals surface area (Å²) < 4.78 is 5.29. The summed E-state index contributed by atoms with van der Waals surface area (Å²) in [5, 5.41) is 2.82. The van der Waals surface area contributed by atoms with Crippen molar-refractivity contribution in [3.63, 3.8) is 0 Å². The fourth-order valence-corrected chi connectivity index (χ4v) is 4.93. The summed E-state index contributed by atoms with van der Waals surface area (Å²) in [6.45, 7) is 4.17. The highest BCUT2D eigenvalue weighted by atomic mass is 16.5. The van der Waals surface area contributed by atoms with Crippen LogP contribution in [0.1, 0.15) is 40.5 Å². The molecule has 2 atom stereocenters. The van der Waals surface area contributed by atoms with E-state index in [9.17, 15) is 19.2 Å². The molecule has 4 amide bonds. The molecule has 0 aromatic heterocycles. The van der Waals surface area contributed by atoms with E-state index < -0.39 is 0 Å². The zero-order valence-corrected chi connectivity index (χ0v) is 19.5. The second-order valence-corrected chi connectivity index (χ2v) is 9.20. The Morgan fingerprint density at radius 1 is 0.943 bits per heavy atom. The fourth-order valence-electron chi connectivity index (χ4n) is 4.93. The number of benzene rings is 2. The molecule has 2 aromatic rings. The first-order chi connectivity index (χ1) is 16.9. The molecule has 0 bridgehead atoms. The molecule has 0 spiro atoms. The molecule has 2 aliphatic heterocycles. The van der Waals surface area contributed by atoms with Gasteiger partial charge >= 0.3 is 0 Å². The van der Waals surface area contributed by atoms with Crippen LogP contribution in [0.3, 0.4) is 0 Å². The molecule has 0 radical (unpaired) electrons. The van der Waals surface area contributed by atoms with Gasteiger partial charge in [0.2, 0.25) is 11.8 Å². The highest BCUT2D eigenvalue weighted by Gasteiger charge is 2.48. The van der Waals surface area contributed by atoms with Gasteiger partial charge in [0.05, 0.1) is 30.7 Å². The van der Waals surface area contributed by atoms with Crippen LogP contribution in [-0.2, 0) is 14.3 Å². The molecule has 2 saturated heterocycles. The maximum Gasteiger partial charge on any atom is 0.255 e. The molecule has 2 aromatic carbocycles. The van der Waals surface area contributed by atoms with Crippen molar-refractivity contribution in [2.75, 3.05) is 36.5 Å². The van der Waals surface area contributed by atoms with E-state index in [2.05, 4.69) is 5.32 Å². The van der Waals surface area contributed by atoms with Crippen LogP contribution in [0.2, 0.25) is 0 Å². The minimum atomic E-state index is -0.367. The van der Waals surface area contributed by atoms with Crippen LogP contribution >= 0.6 is 0 Å². The molecule has 1 aliphatic carbocycles. The summed E-state index contributed by atoms with van der Waals surface area (Å²) in [7, 11) is 0. The number of amides is 4. The van der Waals surface area contributed by atoms with E-state index in [0.29, 0.717) is 61.6 Å². The number of fused-ring (bicyclic) bond motifs is 1. The number of anilines is 2. The summed E-state index contributed by atoms with van der Waals surface area (Å²) in [6.07, 6.45) is 3.19. The minimum Gasteiger partial charge on any atom is -0.378 e. The van der Waals surface area contributed by atoms with Crippen LogP contribution in [0, 0.1) is 11.8 Å². The Labute approximate surface area is 203 Å². The number of rotatable bonds is 4. The van der Waals surface area contributed by atoms with Gasteiger partial charge < -0.3 is 15.0 Å². The van der Waals surface area contributed by atoms with Crippen molar-refractivity contribution in [1.29, 1.82) is 0 Å². The molecule has 2 fully saturated rings. The van der Waals surface area contributed by atoms with Gasteiger partial charge in [-0.15, -0.1) is 0 Å². The van der Waals surface area contributed by atoms with Gasteiger partial charge in [0.1, 0.15) is 0 Å². The van der Waals surface area contributed by atoms with Crippen molar-refractivity contribution in [2.45, 2.75) is 19.8 Å². The van der Waals surface area contributed by atoms with E-state index in [0.717, 1.165) is 5.57 Å². The number of carbonyl (C=O) groups excluding carboxylic acids is 4. The number of hydrogen-bond acceptors (Lipinski definition) is 5. The van der Waals surface area contributed by atoms with Gasteiger partial charge in [0.15, 0.2) is 0 Å². The van der Waals surface area contributed by atoms with Crippen LogP contribution < -0.4 is 10.2 Å². The number of morpholine rings is 1. The number of allylic oxidation sites excluding steroid dienone is 2. The van der Waals surface area contributed by atoms with Gasteiger partial charge in [-0.1, -0.05) is 17.7 Å². The molecule has 1 N–H and O–H groups in total. The Balaban J connectivity index is 1.28. The quantitative estimate of drug-likeness (QED) is 0.543. The largest absolute Gasteiger partial charge is 0.378 e. The number of nitrogens with one attached hydrogen (secondary N) is 1. The van der Waals surface area contributed by atoms with Gasteiger partial charge in [-0.05, 0) is 62.2 Å². The highest BCUT2D eigenvalue weighted by molar-refractivity contribution is 6.22. The Morgan fingerprint density at radius 3 is 2.40 bits per heavy atom. The predicted octanol–water partition coefficient (Wildman–Crippen LogP) is 3.26. The maximum atomic E-state index is 13.0. The smallest absolute Gasteiger partial charge is 0.255 e. The molecule has 8 nitrogen and oxygen atoms in total. The van der Waals surface area contributed by atoms with Crippen LogP contribution in [0.25, 0.3) is 0 Å². The van der Waals surface area contributed by atoms with Crippen molar-refractivity contribution < 1.29 is 23.9 Å². The van der Waals surface area contributed by atoms with Crippen LogP contribution in [-0.4, -0.2) is 54.8 Å². The third-order valence-corrected chi connectivity index (χ3v) is 6.88. The Morgan fingerprint density at radius 2 is 1.66 bits per heavy atom. The van der Waals surface area contributed by atoms with Crippen LogP contribution in [0.15, 0.2) is 60.2 Å². The molecule has 8 heteroatoms. The Kier molecular flexibility index (Phi) is 6.21.